The zero-order valence-electron chi connectivity index (χ0n) is 14.8. The summed E-state index contributed by atoms with van der Waals surface area (Å²) in [4.78, 5) is 12.5. The quantitative estimate of drug-likeness (QED) is 0.631. The summed E-state index contributed by atoms with van der Waals surface area (Å²) < 4.78 is 17.1. The van der Waals surface area contributed by atoms with Crippen molar-refractivity contribution in [3.05, 3.63) is 51.0 Å². The lowest BCUT2D eigenvalue weighted by Crippen LogP contribution is -2.26. The summed E-state index contributed by atoms with van der Waals surface area (Å²) in [6.07, 6.45) is 0. The van der Waals surface area contributed by atoms with Gasteiger partial charge in [-0.25, -0.2) is 9.07 Å². The summed E-state index contributed by atoms with van der Waals surface area (Å²) in [7, 11) is 0. The van der Waals surface area contributed by atoms with Gasteiger partial charge in [0.1, 0.15) is 5.82 Å². The largest absolute Gasteiger partial charge is 0.343 e. The van der Waals surface area contributed by atoms with Gasteiger partial charge in [-0.1, -0.05) is 16.8 Å². The van der Waals surface area contributed by atoms with Crippen LogP contribution in [0.3, 0.4) is 0 Å². The van der Waals surface area contributed by atoms with E-state index >= 15 is 0 Å². The molecular formula is C16H17ClFN7OS. The van der Waals surface area contributed by atoms with E-state index in [4.69, 9.17) is 23.8 Å². The first kappa shape index (κ1) is 19.2. The van der Waals surface area contributed by atoms with Gasteiger partial charge in [0.2, 0.25) is 0 Å². The monoisotopic (exact) mass is 409 g/mol. The fraction of sp³-hybridized carbons (Fsp3) is 0.312. The average Bonchev–Trinajstić information content (AvgIpc) is 3.18. The minimum absolute atomic E-state index is 0.0371. The molecule has 0 saturated heterocycles. The molecule has 142 valence electrons. The summed E-state index contributed by atoms with van der Waals surface area (Å²) in [6.45, 7) is 5.82. The smallest absolute Gasteiger partial charge is 0.274 e. The number of nitrogens with zero attached hydrogens (tertiary/aromatic N) is 5. The molecule has 0 saturated carbocycles. The molecule has 0 atom stereocenters. The first-order valence-corrected chi connectivity index (χ1v) is 8.90. The van der Waals surface area contributed by atoms with Gasteiger partial charge >= 0.3 is 0 Å². The normalized spacial score (nSPS) is 11.2. The number of H-pyrrole nitrogens is 1. The van der Waals surface area contributed by atoms with Crippen LogP contribution in [0.1, 0.15) is 41.9 Å². The van der Waals surface area contributed by atoms with Gasteiger partial charge in [-0.15, -0.1) is 5.10 Å². The lowest BCUT2D eigenvalue weighted by Gasteiger charge is -2.10. The topological polar surface area (TPSA) is 93.4 Å². The van der Waals surface area contributed by atoms with Gasteiger partial charge in [0.05, 0.1) is 22.9 Å². The first-order chi connectivity index (χ1) is 12.8. The highest BCUT2D eigenvalue weighted by atomic mass is 35.5. The Morgan fingerprint density at radius 3 is 2.85 bits per heavy atom. The second-order valence-electron chi connectivity index (χ2n) is 6.13. The second-order valence-corrected chi connectivity index (χ2v) is 6.92. The Morgan fingerprint density at radius 2 is 2.19 bits per heavy atom. The molecule has 8 nitrogen and oxygen atoms in total. The van der Waals surface area contributed by atoms with Crippen molar-refractivity contribution < 1.29 is 9.18 Å². The maximum Gasteiger partial charge on any atom is 0.274 e. The highest BCUT2D eigenvalue weighted by molar-refractivity contribution is 7.71. The maximum atomic E-state index is 13.3. The Morgan fingerprint density at radius 1 is 1.44 bits per heavy atom. The SMILES string of the molecule is Cc1c(C(=O)NCc2n[nH]c(=S)n2C(C)C)nnn1-c1ccc(F)c(Cl)c1. The van der Waals surface area contributed by atoms with Gasteiger partial charge < -0.3 is 9.88 Å². The van der Waals surface area contributed by atoms with Crippen LogP contribution in [0.2, 0.25) is 5.02 Å². The van der Waals surface area contributed by atoms with Crippen LogP contribution in [-0.2, 0) is 6.54 Å². The molecule has 3 aromatic rings. The Hall–Kier alpha value is -2.59. The van der Waals surface area contributed by atoms with E-state index in [0.717, 1.165) is 0 Å². The molecule has 11 heteroatoms. The van der Waals surface area contributed by atoms with Crippen LogP contribution >= 0.6 is 23.8 Å². The highest BCUT2D eigenvalue weighted by Crippen LogP contribution is 2.20. The first-order valence-electron chi connectivity index (χ1n) is 8.11. The Kier molecular flexibility index (Phi) is 5.38. The van der Waals surface area contributed by atoms with E-state index in [2.05, 4.69) is 25.8 Å². The molecule has 0 spiro atoms. The number of aromatic amines is 1. The molecule has 0 aliphatic heterocycles. The van der Waals surface area contributed by atoms with Crippen LogP contribution in [0.5, 0.6) is 0 Å². The minimum atomic E-state index is -0.533. The summed E-state index contributed by atoms with van der Waals surface area (Å²) in [5.74, 6) is -0.329. The predicted molar refractivity (Wildman–Crippen MR) is 100 cm³/mol. The molecule has 2 N–H and O–H groups in total. The van der Waals surface area contributed by atoms with Gasteiger partial charge in [0.25, 0.3) is 5.91 Å². The number of aromatic nitrogens is 6. The molecule has 2 heterocycles. The number of carbonyl (C=O) groups is 1. The molecule has 1 aromatic carbocycles. The van der Waals surface area contributed by atoms with E-state index in [1.54, 1.807) is 6.92 Å². The third-order valence-corrected chi connectivity index (χ3v) is 4.54. The van der Waals surface area contributed by atoms with Crippen LogP contribution in [0, 0.1) is 17.5 Å². The molecular weight excluding hydrogens is 393 g/mol. The van der Waals surface area contributed by atoms with Gasteiger partial charge in [0, 0.05) is 6.04 Å². The zero-order valence-corrected chi connectivity index (χ0v) is 16.4. The summed E-state index contributed by atoms with van der Waals surface area (Å²) in [5.41, 5.74) is 1.16. The molecule has 2 aromatic heterocycles. The standard InChI is InChI=1S/C16H17ClFN7OS/c1-8(2)24-13(20-22-16(24)27)7-19-15(26)14-9(3)25(23-21-14)10-4-5-12(18)11(17)6-10/h4-6,8H,7H2,1-3H3,(H,19,26)(H,22,27). The molecule has 3 rings (SSSR count). The summed E-state index contributed by atoms with van der Waals surface area (Å²) >= 11 is 11.0. The molecule has 1 amide bonds. The molecule has 27 heavy (non-hydrogen) atoms. The predicted octanol–water partition coefficient (Wildman–Crippen LogP) is 3.13. The number of halogens is 2. The van der Waals surface area contributed by atoms with E-state index < -0.39 is 11.7 Å². The summed E-state index contributed by atoms with van der Waals surface area (Å²) in [6, 6.07) is 4.26. The van der Waals surface area contributed by atoms with E-state index in [1.807, 2.05) is 18.4 Å². The average molecular weight is 410 g/mol. The fourth-order valence-electron chi connectivity index (χ4n) is 2.64. The highest BCUT2D eigenvalue weighted by Gasteiger charge is 2.19. The molecule has 0 aliphatic carbocycles. The van der Waals surface area contributed by atoms with Gasteiger partial charge in [-0.2, -0.15) is 5.10 Å². The van der Waals surface area contributed by atoms with Crippen molar-refractivity contribution in [1.82, 2.24) is 35.1 Å². The zero-order chi connectivity index (χ0) is 19.7. The van der Waals surface area contributed by atoms with Crippen LogP contribution < -0.4 is 5.32 Å². The lowest BCUT2D eigenvalue weighted by molar-refractivity contribution is 0.0943. The van der Waals surface area contributed by atoms with E-state index in [9.17, 15) is 9.18 Å². The molecule has 0 aliphatic rings. The number of hydrogen-bond donors (Lipinski definition) is 2. The van der Waals surface area contributed by atoms with Crippen molar-refractivity contribution in [1.29, 1.82) is 0 Å². The van der Waals surface area contributed by atoms with Crippen molar-refractivity contribution in [3.63, 3.8) is 0 Å². The van der Waals surface area contributed by atoms with Crippen LogP contribution in [0.4, 0.5) is 4.39 Å². The van der Waals surface area contributed by atoms with Crippen molar-refractivity contribution >= 4 is 29.7 Å². The molecule has 0 fully saturated rings. The van der Waals surface area contributed by atoms with Crippen molar-refractivity contribution in [3.8, 4) is 5.69 Å². The molecule has 0 unspecified atom stereocenters. The lowest BCUT2D eigenvalue weighted by atomic mass is 10.2. The van der Waals surface area contributed by atoms with Crippen molar-refractivity contribution in [2.75, 3.05) is 0 Å². The fourth-order valence-corrected chi connectivity index (χ4v) is 3.18. The Labute approximate surface area is 164 Å². The van der Waals surface area contributed by atoms with Crippen LogP contribution in [-0.4, -0.2) is 35.7 Å². The Balaban J connectivity index is 1.79. The molecule has 0 bridgehead atoms. The van der Waals surface area contributed by atoms with Crippen LogP contribution in [0.15, 0.2) is 18.2 Å². The van der Waals surface area contributed by atoms with Crippen molar-refractivity contribution in [2.24, 2.45) is 0 Å². The third kappa shape index (κ3) is 3.76. The van der Waals surface area contributed by atoms with Gasteiger partial charge in [-0.3, -0.25) is 9.89 Å². The van der Waals surface area contributed by atoms with Gasteiger partial charge in [-0.05, 0) is 51.2 Å². The van der Waals surface area contributed by atoms with E-state index in [0.29, 0.717) is 22.0 Å². The second kappa shape index (κ2) is 7.57. The number of benzene rings is 1. The number of carbonyl (C=O) groups excluding carboxylic acids is 1. The van der Waals surface area contributed by atoms with Gasteiger partial charge in [0.15, 0.2) is 16.3 Å². The number of amides is 1. The van der Waals surface area contributed by atoms with Crippen molar-refractivity contribution in [2.45, 2.75) is 33.4 Å². The van der Waals surface area contributed by atoms with E-state index in [-0.39, 0.29) is 23.3 Å². The Bertz CT molecular complexity index is 1060. The number of nitrogens with one attached hydrogen (secondary N) is 2. The van der Waals surface area contributed by atoms with Crippen LogP contribution in [0.25, 0.3) is 5.69 Å². The molecule has 0 radical (unpaired) electrons. The minimum Gasteiger partial charge on any atom is -0.343 e. The van der Waals surface area contributed by atoms with E-state index in [1.165, 1.54) is 22.9 Å². The summed E-state index contributed by atoms with van der Waals surface area (Å²) in [5, 5.41) is 17.5. The number of hydrogen-bond acceptors (Lipinski definition) is 5. The maximum absolute atomic E-state index is 13.3. The number of rotatable bonds is 5. The third-order valence-electron chi connectivity index (χ3n) is 3.96.